The SMILES string of the molecule is CCc1nn(C2CCS(=O)(=O)C2)c(N)c1CC. The average molecular weight is 257 g/mol. The van der Waals surface area contributed by atoms with Crippen LogP contribution in [0.25, 0.3) is 0 Å². The largest absolute Gasteiger partial charge is 0.384 e. The summed E-state index contributed by atoms with van der Waals surface area (Å²) in [5, 5.41) is 4.47. The zero-order valence-electron chi connectivity index (χ0n) is 10.3. The lowest BCUT2D eigenvalue weighted by Crippen LogP contribution is -2.15. The van der Waals surface area contributed by atoms with Gasteiger partial charge in [0.2, 0.25) is 0 Å². The molecule has 2 rings (SSSR count). The van der Waals surface area contributed by atoms with Crippen LogP contribution in [0.5, 0.6) is 0 Å². The van der Waals surface area contributed by atoms with Gasteiger partial charge >= 0.3 is 0 Å². The van der Waals surface area contributed by atoms with Crippen LogP contribution in [-0.2, 0) is 22.7 Å². The van der Waals surface area contributed by atoms with Crippen molar-refractivity contribution in [2.24, 2.45) is 0 Å². The minimum atomic E-state index is -2.89. The molecule has 1 fully saturated rings. The molecule has 5 nitrogen and oxygen atoms in total. The van der Waals surface area contributed by atoms with Gasteiger partial charge < -0.3 is 5.73 Å². The van der Waals surface area contributed by atoms with Gasteiger partial charge in [-0.2, -0.15) is 5.10 Å². The molecule has 1 aliphatic heterocycles. The van der Waals surface area contributed by atoms with E-state index in [2.05, 4.69) is 5.10 Å². The van der Waals surface area contributed by atoms with Gasteiger partial charge in [0.15, 0.2) is 9.84 Å². The van der Waals surface area contributed by atoms with Crippen LogP contribution in [0.3, 0.4) is 0 Å². The van der Waals surface area contributed by atoms with Crippen molar-refractivity contribution >= 4 is 15.7 Å². The maximum absolute atomic E-state index is 11.5. The van der Waals surface area contributed by atoms with Crippen LogP contribution in [0.15, 0.2) is 0 Å². The summed E-state index contributed by atoms with van der Waals surface area (Å²) in [6, 6.07) is -0.0781. The lowest BCUT2D eigenvalue weighted by Gasteiger charge is -2.10. The van der Waals surface area contributed by atoms with Crippen molar-refractivity contribution in [2.45, 2.75) is 39.2 Å². The van der Waals surface area contributed by atoms with Crippen LogP contribution in [0.2, 0.25) is 0 Å². The number of nitrogen functional groups attached to an aromatic ring is 1. The van der Waals surface area contributed by atoms with Crippen LogP contribution in [-0.4, -0.2) is 29.7 Å². The van der Waals surface area contributed by atoms with Crippen LogP contribution in [0.4, 0.5) is 5.82 Å². The summed E-state index contributed by atoms with van der Waals surface area (Å²) < 4.78 is 24.7. The molecule has 1 saturated heterocycles. The molecule has 6 heteroatoms. The van der Waals surface area contributed by atoms with E-state index in [9.17, 15) is 8.42 Å². The van der Waals surface area contributed by atoms with Gasteiger partial charge in [0.05, 0.1) is 23.2 Å². The minimum Gasteiger partial charge on any atom is -0.384 e. The van der Waals surface area contributed by atoms with Crippen LogP contribution in [0.1, 0.15) is 37.6 Å². The third kappa shape index (κ3) is 2.18. The maximum Gasteiger partial charge on any atom is 0.152 e. The summed E-state index contributed by atoms with van der Waals surface area (Å²) >= 11 is 0. The number of hydrogen-bond acceptors (Lipinski definition) is 4. The quantitative estimate of drug-likeness (QED) is 0.874. The van der Waals surface area contributed by atoms with Gasteiger partial charge in [0.1, 0.15) is 5.82 Å². The van der Waals surface area contributed by atoms with Crippen molar-refractivity contribution in [3.8, 4) is 0 Å². The Bertz CT molecular complexity index is 519. The normalized spacial score (nSPS) is 23.1. The molecule has 1 atom stereocenters. The number of nitrogens with two attached hydrogens (primary N) is 1. The fraction of sp³-hybridized carbons (Fsp3) is 0.727. The summed E-state index contributed by atoms with van der Waals surface area (Å²) in [6.45, 7) is 4.08. The Kier molecular flexibility index (Phi) is 3.16. The van der Waals surface area contributed by atoms with Crippen molar-refractivity contribution in [2.75, 3.05) is 17.2 Å². The van der Waals surface area contributed by atoms with Gasteiger partial charge in [0.25, 0.3) is 0 Å². The third-order valence-corrected chi connectivity index (χ3v) is 5.13. The molecule has 0 spiro atoms. The molecular weight excluding hydrogens is 238 g/mol. The van der Waals surface area contributed by atoms with Gasteiger partial charge in [-0.25, -0.2) is 13.1 Å². The highest BCUT2D eigenvalue weighted by Gasteiger charge is 2.31. The van der Waals surface area contributed by atoms with Crippen molar-refractivity contribution in [1.82, 2.24) is 9.78 Å². The molecule has 0 aromatic carbocycles. The fourth-order valence-corrected chi connectivity index (χ4v) is 4.14. The molecule has 0 bridgehead atoms. The van der Waals surface area contributed by atoms with E-state index in [1.165, 1.54) is 0 Å². The lowest BCUT2D eigenvalue weighted by atomic mass is 10.1. The molecule has 2 N–H and O–H groups in total. The summed E-state index contributed by atoms with van der Waals surface area (Å²) in [7, 11) is -2.89. The van der Waals surface area contributed by atoms with E-state index < -0.39 is 9.84 Å². The predicted octanol–water partition coefficient (Wildman–Crippen LogP) is 0.950. The molecule has 1 unspecified atom stereocenters. The van der Waals surface area contributed by atoms with Crippen molar-refractivity contribution in [3.63, 3.8) is 0 Å². The average Bonchev–Trinajstić information content (AvgIpc) is 2.78. The van der Waals surface area contributed by atoms with E-state index in [4.69, 9.17) is 5.73 Å². The van der Waals surface area contributed by atoms with Gasteiger partial charge in [-0.3, -0.25) is 0 Å². The Labute approximate surface area is 102 Å². The van der Waals surface area contributed by atoms with Crippen LogP contribution < -0.4 is 5.73 Å². The zero-order chi connectivity index (χ0) is 12.6. The predicted molar refractivity (Wildman–Crippen MR) is 67.7 cm³/mol. The Hall–Kier alpha value is -1.04. The second-order valence-electron chi connectivity index (χ2n) is 4.52. The molecule has 0 saturated carbocycles. The second kappa shape index (κ2) is 4.33. The first-order chi connectivity index (χ1) is 7.98. The maximum atomic E-state index is 11.5. The van der Waals surface area contributed by atoms with E-state index in [0.717, 1.165) is 24.1 Å². The first-order valence-electron chi connectivity index (χ1n) is 6.04. The Balaban J connectivity index is 2.37. The molecule has 0 aliphatic carbocycles. The zero-order valence-corrected chi connectivity index (χ0v) is 11.1. The molecule has 1 aromatic rings. The number of aryl methyl sites for hydroxylation is 1. The molecule has 0 radical (unpaired) electrons. The molecule has 1 aliphatic rings. The number of aromatic nitrogens is 2. The van der Waals surface area contributed by atoms with E-state index >= 15 is 0 Å². The van der Waals surface area contributed by atoms with E-state index in [-0.39, 0.29) is 17.5 Å². The van der Waals surface area contributed by atoms with Crippen LogP contribution >= 0.6 is 0 Å². The Morgan fingerprint density at radius 1 is 1.41 bits per heavy atom. The second-order valence-corrected chi connectivity index (χ2v) is 6.75. The first-order valence-corrected chi connectivity index (χ1v) is 7.86. The molecule has 17 heavy (non-hydrogen) atoms. The topological polar surface area (TPSA) is 78.0 Å². The van der Waals surface area contributed by atoms with Gasteiger partial charge in [0, 0.05) is 5.56 Å². The van der Waals surface area contributed by atoms with Gasteiger partial charge in [-0.1, -0.05) is 13.8 Å². The van der Waals surface area contributed by atoms with Crippen molar-refractivity contribution in [3.05, 3.63) is 11.3 Å². The fourth-order valence-electron chi connectivity index (χ4n) is 2.45. The molecule has 1 aromatic heterocycles. The first kappa shape index (κ1) is 12.4. The number of nitrogens with zero attached hydrogens (tertiary/aromatic N) is 2. The number of hydrogen-bond donors (Lipinski definition) is 1. The van der Waals surface area contributed by atoms with Crippen molar-refractivity contribution in [1.29, 1.82) is 0 Å². The van der Waals surface area contributed by atoms with Gasteiger partial charge in [-0.05, 0) is 19.3 Å². The van der Waals surface area contributed by atoms with Crippen molar-refractivity contribution < 1.29 is 8.42 Å². The summed E-state index contributed by atoms with van der Waals surface area (Å²) in [5.74, 6) is 1.07. The Morgan fingerprint density at radius 3 is 2.53 bits per heavy atom. The number of rotatable bonds is 3. The molecule has 96 valence electrons. The van der Waals surface area contributed by atoms with E-state index in [1.807, 2.05) is 13.8 Å². The Morgan fingerprint density at radius 2 is 2.12 bits per heavy atom. The number of sulfone groups is 1. The standard InChI is InChI=1S/C11H19N3O2S/c1-3-9-10(4-2)13-14(11(9)12)8-5-6-17(15,16)7-8/h8H,3-7,12H2,1-2H3. The van der Waals surface area contributed by atoms with Gasteiger partial charge in [-0.15, -0.1) is 0 Å². The summed E-state index contributed by atoms with van der Waals surface area (Å²) in [4.78, 5) is 0. The highest BCUT2D eigenvalue weighted by molar-refractivity contribution is 7.91. The minimum absolute atomic E-state index is 0.0781. The summed E-state index contributed by atoms with van der Waals surface area (Å²) in [6.07, 6.45) is 2.30. The monoisotopic (exact) mass is 257 g/mol. The molecule has 2 heterocycles. The number of anilines is 1. The van der Waals surface area contributed by atoms with E-state index in [0.29, 0.717) is 12.2 Å². The highest BCUT2D eigenvalue weighted by atomic mass is 32.2. The smallest absolute Gasteiger partial charge is 0.152 e. The molecule has 0 amide bonds. The molecular formula is C11H19N3O2S. The van der Waals surface area contributed by atoms with E-state index in [1.54, 1.807) is 4.68 Å². The van der Waals surface area contributed by atoms with Crippen LogP contribution in [0, 0.1) is 0 Å². The lowest BCUT2D eigenvalue weighted by molar-refractivity contribution is 0.502. The summed E-state index contributed by atoms with van der Waals surface area (Å²) in [5.41, 5.74) is 8.13. The third-order valence-electron chi connectivity index (χ3n) is 3.38. The highest BCUT2D eigenvalue weighted by Crippen LogP contribution is 2.28.